The average molecular weight is 395 g/mol. The van der Waals surface area contributed by atoms with E-state index in [1.807, 2.05) is 23.7 Å². The SMILES string of the molecule is Cc1ccc2cc(C(c3nnnn3C(C)(C)C)N3CCC(C)CC3)c(=O)[nH]c2c1. The molecular weight excluding hydrogens is 364 g/mol. The number of pyridine rings is 1. The van der Waals surface area contributed by atoms with Gasteiger partial charge in [-0.15, -0.1) is 5.10 Å². The van der Waals surface area contributed by atoms with Gasteiger partial charge in [-0.05, 0) is 93.1 Å². The molecule has 1 saturated heterocycles. The fourth-order valence-corrected chi connectivity index (χ4v) is 4.16. The van der Waals surface area contributed by atoms with Gasteiger partial charge in [0, 0.05) is 11.1 Å². The highest BCUT2D eigenvalue weighted by atomic mass is 16.1. The van der Waals surface area contributed by atoms with Crippen molar-refractivity contribution in [3.05, 3.63) is 51.6 Å². The number of fused-ring (bicyclic) bond motifs is 1. The van der Waals surface area contributed by atoms with E-state index in [1.165, 1.54) is 0 Å². The van der Waals surface area contributed by atoms with E-state index in [1.54, 1.807) is 0 Å². The van der Waals surface area contributed by atoms with Crippen molar-refractivity contribution in [3.63, 3.8) is 0 Å². The van der Waals surface area contributed by atoms with Crippen molar-refractivity contribution in [2.24, 2.45) is 5.92 Å². The summed E-state index contributed by atoms with van der Waals surface area (Å²) in [6.07, 6.45) is 2.22. The van der Waals surface area contributed by atoms with Crippen LogP contribution in [0.1, 0.15) is 63.5 Å². The quantitative estimate of drug-likeness (QED) is 0.736. The van der Waals surface area contributed by atoms with E-state index in [0.717, 1.165) is 48.2 Å². The molecule has 0 saturated carbocycles. The van der Waals surface area contributed by atoms with Gasteiger partial charge in [-0.2, -0.15) is 0 Å². The lowest BCUT2D eigenvalue weighted by Gasteiger charge is -2.36. The van der Waals surface area contributed by atoms with Crippen LogP contribution in [-0.4, -0.2) is 43.2 Å². The molecule has 3 aromatic rings. The van der Waals surface area contributed by atoms with Gasteiger partial charge in [0.15, 0.2) is 5.82 Å². The zero-order chi connectivity index (χ0) is 20.8. The molecule has 7 heteroatoms. The predicted molar refractivity (Wildman–Crippen MR) is 114 cm³/mol. The number of nitrogens with zero attached hydrogens (tertiary/aromatic N) is 5. The van der Waals surface area contributed by atoms with Crippen LogP contribution in [0.4, 0.5) is 0 Å². The molecule has 2 aromatic heterocycles. The van der Waals surface area contributed by atoms with Crippen molar-refractivity contribution in [3.8, 4) is 0 Å². The highest BCUT2D eigenvalue weighted by Crippen LogP contribution is 2.32. The first-order valence-corrected chi connectivity index (χ1v) is 10.4. The third-order valence-electron chi connectivity index (χ3n) is 5.88. The number of nitrogens with one attached hydrogen (secondary N) is 1. The number of aryl methyl sites for hydroxylation is 1. The number of aromatic nitrogens is 5. The van der Waals surface area contributed by atoms with Crippen LogP contribution in [0, 0.1) is 12.8 Å². The smallest absolute Gasteiger partial charge is 0.253 e. The van der Waals surface area contributed by atoms with Gasteiger partial charge in [0.1, 0.15) is 6.04 Å². The minimum absolute atomic E-state index is 0.0739. The summed E-state index contributed by atoms with van der Waals surface area (Å²) in [6, 6.07) is 7.88. The molecule has 7 nitrogen and oxygen atoms in total. The molecule has 4 rings (SSSR count). The van der Waals surface area contributed by atoms with E-state index in [9.17, 15) is 4.79 Å². The molecule has 1 aliphatic rings. The van der Waals surface area contributed by atoms with Crippen molar-refractivity contribution in [2.75, 3.05) is 13.1 Å². The fourth-order valence-electron chi connectivity index (χ4n) is 4.16. The largest absolute Gasteiger partial charge is 0.322 e. The minimum Gasteiger partial charge on any atom is -0.322 e. The number of H-pyrrole nitrogens is 1. The summed E-state index contributed by atoms with van der Waals surface area (Å²) in [4.78, 5) is 18.6. The number of piperidine rings is 1. The number of rotatable bonds is 3. The number of hydrogen-bond acceptors (Lipinski definition) is 5. The predicted octanol–water partition coefficient (Wildman–Crippen LogP) is 3.40. The number of likely N-dealkylation sites (tertiary alicyclic amines) is 1. The van der Waals surface area contributed by atoms with Crippen molar-refractivity contribution in [1.29, 1.82) is 0 Å². The lowest BCUT2D eigenvalue weighted by atomic mass is 9.95. The van der Waals surface area contributed by atoms with Gasteiger partial charge in [0.2, 0.25) is 0 Å². The van der Waals surface area contributed by atoms with Crippen LogP contribution in [0.2, 0.25) is 0 Å². The molecule has 1 fully saturated rings. The summed E-state index contributed by atoms with van der Waals surface area (Å²) in [6.45, 7) is 12.4. The first-order valence-electron chi connectivity index (χ1n) is 10.4. The van der Waals surface area contributed by atoms with Crippen LogP contribution in [0.3, 0.4) is 0 Å². The average Bonchev–Trinajstić information content (AvgIpc) is 3.14. The summed E-state index contributed by atoms with van der Waals surface area (Å²) in [7, 11) is 0. The summed E-state index contributed by atoms with van der Waals surface area (Å²) < 4.78 is 1.86. The number of hydrogen-bond donors (Lipinski definition) is 1. The lowest BCUT2D eigenvalue weighted by Crippen LogP contribution is -2.41. The number of benzene rings is 1. The molecule has 3 heterocycles. The molecule has 1 aliphatic heterocycles. The van der Waals surface area contributed by atoms with Crippen molar-refractivity contribution >= 4 is 10.9 Å². The monoisotopic (exact) mass is 394 g/mol. The second-order valence-corrected chi connectivity index (χ2v) is 9.39. The standard InChI is InChI=1S/C22H30N6O/c1-14-8-10-27(11-9-14)19(20-24-25-26-28(20)22(3,4)5)17-13-16-7-6-15(2)12-18(16)23-21(17)29/h6-7,12-14,19H,8-11H2,1-5H3,(H,23,29). The van der Waals surface area contributed by atoms with Gasteiger partial charge < -0.3 is 4.98 Å². The zero-order valence-corrected chi connectivity index (χ0v) is 17.9. The maximum atomic E-state index is 13.2. The second kappa shape index (κ2) is 7.37. The molecule has 0 bridgehead atoms. The van der Waals surface area contributed by atoms with Crippen LogP contribution in [0.25, 0.3) is 10.9 Å². The fraction of sp³-hybridized carbons (Fsp3) is 0.545. The molecule has 0 spiro atoms. The molecule has 1 atom stereocenters. The van der Waals surface area contributed by atoms with Crippen molar-refractivity contribution in [2.45, 2.75) is 59.0 Å². The van der Waals surface area contributed by atoms with Crippen molar-refractivity contribution in [1.82, 2.24) is 30.1 Å². The molecule has 154 valence electrons. The molecule has 1 aromatic carbocycles. The Morgan fingerprint density at radius 2 is 1.90 bits per heavy atom. The van der Waals surface area contributed by atoms with E-state index in [-0.39, 0.29) is 17.1 Å². The summed E-state index contributed by atoms with van der Waals surface area (Å²) in [5.41, 5.74) is 2.34. The normalized spacial score (nSPS) is 17.7. The van der Waals surface area contributed by atoms with E-state index < -0.39 is 0 Å². The molecule has 29 heavy (non-hydrogen) atoms. The van der Waals surface area contributed by atoms with E-state index >= 15 is 0 Å². The van der Waals surface area contributed by atoms with Gasteiger partial charge >= 0.3 is 0 Å². The molecule has 0 radical (unpaired) electrons. The van der Waals surface area contributed by atoms with Crippen LogP contribution < -0.4 is 5.56 Å². The van der Waals surface area contributed by atoms with Gasteiger partial charge in [-0.25, -0.2) is 4.68 Å². The molecule has 0 amide bonds. The topological polar surface area (TPSA) is 79.7 Å². The Morgan fingerprint density at radius 3 is 2.59 bits per heavy atom. The highest BCUT2D eigenvalue weighted by Gasteiger charge is 2.34. The Bertz CT molecular complexity index is 1070. The van der Waals surface area contributed by atoms with Crippen LogP contribution in [0.5, 0.6) is 0 Å². The van der Waals surface area contributed by atoms with Gasteiger partial charge in [0.25, 0.3) is 5.56 Å². The van der Waals surface area contributed by atoms with E-state index in [4.69, 9.17) is 0 Å². The van der Waals surface area contributed by atoms with Gasteiger partial charge in [-0.3, -0.25) is 9.69 Å². The summed E-state index contributed by atoms with van der Waals surface area (Å²) >= 11 is 0. The molecular formula is C22H30N6O. The Hall–Kier alpha value is -2.54. The zero-order valence-electron chi connectivity index (χ0n) is 17.9. The third kappa shape index (κ3) is 3.83. The molecule has 1 N–H and O–H groups in total. The Labute approximate surface area is 171 Å². The van der Waals surface area contributed by atoms with E-state index in [0.29, 0.717) is 11.5 Å². The summed E-state index contributed by atoms with van der Waals surface area (Å²) in [5, 5.41) is 13.7. The van der Waals surface area contributed by atoms with Crippen LogP contribution in [-0.2, 0) is 5.54 Å². The second-order valence-electron chi connectivity index (χ2n) is 9.39. The van der Waals surface area contributed by atoms with Gasteiger partial charge in [0.05, 0.1) is 5.54 Å². The van der Waals surface area contributed by atoms with Gasteiger partial charge in [-0.1, -0.05) is 19.1 Å². The van der Waals surface area contributed by atoms with E-state index in [2.05, 4.69) is 65.2 Å². The molecule has 1 unspecified atom stereocenters. The Kier molecular flexibility index (Phi) is 5.02. The van der Waals surface area contributed by atoms with Crippen LogP contribution in [0.15, 0.2) is 29.1 Å². The Balaban J connectivity index is 1.88. The first-order chi connectivity index (χ1) is 13.7. The Morgan fingerprint density at radius 1 is 1.17 bits per heavy atom. The first kappa shape index (κ1) is 19.8. The third-order valence-corrected chi connectivity index (χ3v) is 5.88. The maximum Gasteiger partial charge on any atom is 0.253 e. The number of aromatic amines is 1. The van der Waals surface area contributed by atoms with Crippen molar-refractivity contribution < 1.29 is 0 Å². The van der Waals surface area contributed by atoms with Crippen LogP contribution >= 0.6 is 0 Å². The highest BCUT2D eigenvalue weighted by molar-refractivity contribution is 5.79. The summed E-state index contributed by atoms with van der Waals surface area (Å²) in [5.74, 6) is 1.42. The number of tetrazole rings is 1. The molecule has 0 aliphatic carbocycles. The minimum atomic E-state index is -0.277. The maximum absolute atomic E-state index is 13.2. The lowest BCUT2D eigenvalue weighted by molar-refractivity contribution is 0.144.